The lowest BCUT2D eigenvalue weighted by atomic mass is 10.2. The van der Waals surface area contributed by atoms with Crippen molar-refractivity contribution in [2.45, 2.75) is 30.6 Å². The standard InChI is InChI=1S/C30H29ClN6O7S2/c1-18-19(2)33-44-29(18)34-45(40,41)23-13-11-21(12-14-23)32-28(38)25-17-24(15-16-26(25)31)46(42,43)36(5)27-20(3)35(4)37(30(27)39)22-9-7-6-8-10-22/h6-17,34H,1-5H3,(H,32,38). The fraction of sp³-hybridized carbons (Fsp3) is 0.167. The van der Waals surface area contributed by atoms with E-state index in [-0.39, 0.29) is 37.6 Å². The Bertz CT molecular complexity index is 2240. The number of aromatic nitrogens is 3. The third-order valence-electron chi connectivity index (χ3n) is 7.49. The summed E-state index contributed by atoms with van der Waals surface area (Å²) in [6.45, 7) is 4.97. The van der Waals surface area contributed by atoms with Gasteiger partial charge in [0.15, 0.2) is 0 Å². The summed E-state index contributed by atoms with van der Waals surface area (Å²) in [5.41, 5.74) is 1.50. The van der Waals surface area contributed by atoms with Crippen molar-refractivity contribution in [2.24, 2.45) is 7.05 Å². The van der Waals surface area contributed by atoms with Gasteiger partial charge in [-0.25, -0.2) is 26.2 Å². The molecule has 2 heterocycles. The third kappa shape index (κ3) is 5.91. The van der Waals surface area contributed by atoms with Gasteiger partial charge in [0.05, 0.1) is 37.5 Å². The number of rotatable bonds is 9. The molecule has 0 aliphatic carbocycles. The Morgan fingerprint density at radius 2 is 1.57 bits per heavy atom. The summed E-state index contributed by atoms with van der Waals surface area (Å²) in [7, 11) is -5.44. The van der Waals surface area contributed by atoms with Crippen LogP contribution in [-0.2, 0) is 27.1 Å². The maximum atomic E-state index is 13.7. The SMILES string of the molecule is Cc1noc(NS(=O)(=O)c2ccc(NC(=O)c3cc(S(=O)(=O)N(C)c4c(C)n(C)n(-c5ccccc5)c4=O)ccc3Cl)cc2)c1C. The zero-order valence-electron chi connectivity index (χ0n) is 25.3. The van der Waals surface area contributed by atoms with E-state index in [0.717, 1.165) is 10.4 Å². The molecule has 5 rings (SSSR count). The van der Waals surface area contributed by atoms with Crippen LogP contribution in [0.3, 0.4) is 0 Å². The van der Waals surface area contributed by atoms with Crippen LogP contribution in [0.1, 0.15) is 27.3 Å². The summed E-state index contributed by atoms with van der Waals surface area (Å²) in [4.78, 5) is 26.3. The summed E-state index contributed by atoms with van der Waals surface area (Å²) in [6.07, 6.45) is 0. The quantitative estimate of drug-likeness (QED) is 0.227. The molecule has 0 fully saturated rings. The molecule has 240 valence electrons. The Hall–Kier alpha value is -4.86. The van der Waals surface area contributed by atoms with Crippen LogP contribution in [0.25, 0.3) is 5.69 Å². The lowest BCUT2D eigenvalue weighted by Gasteiger charge is -2.19. The van der Waals surface area contributed by atoms with Crippen LogP contribution in [0, 0.1) is 20.8 Å². The first kappa shape index (κ1) is 32.5. The van der Waals surface area contributed by atoms with Crippen LogP contribution in [0.2, 0.25) is 5.02 Å². The second-order valence-corrected chi connectivity index (χ2v) is 14.4. The molecule has 0 aliphatic heterocycles. The van der Waals surface area contributed by atoms with Gasteiger partial charge in [-0.3, -0.25) is 18.6 Å². The number of benzene rings is 3. The molecule has 13 nitrogen and oxygen atoms in total. The van der Waals surface area contributed by atoms with Crippen molar-refractivity contribution in [1.29, 1.82) is 0 Å². The number of carbonyl (C=O) groups excluding carboxylic acids is 1. The highest BCUT2D eigenvalue weighted by molar-refractivity contribution is 7.93. The Balaban J connectivity index is 1.39. The number of carbonyl (C=O) groups is 1. The molecule has 2 aromatic heterocycles. The van der Waals surface area contributed by atoms with Crippen molar-refractivity contribution in [1.82, 2.24) is 14.5 Å². The van der Waals surface area contributed by atoms with Crippen molar-refractivity contribution < 1.29 is 26.2 Å². The molecule has 0 atom stereocenters. The minimum Gasteiger partial charge on any atom is -0.337 e. The monoisotopic (exact) mass is 684 g/mol. The molecule has 0 saturated heterocycles. The van der Waals surface area contributed by atoms with Gasteiger partial charge in [0.1, 0.15) is 5.69 Å². The summed E-state index contributed by atoms with van der Waals surface area (Å²) in [6, 6.07) is 17.7. The predicted octanol–water partition coefficient (Wildman–Crippen LogP) is 4.62. The second-order valence-electron chi connectivity index (χ2n) is 10.3. The van der Waals surface area contributed by atoms with Gasteiger partial charge >= 0.3 is 0 Å². The highest BCUT2D eigenvalue weighted by Crippen LogP contribution is 2.28. The molecule has 0 saturated carbocycles. The Morgan fingerprint density at radius 1 is 0.935 bits per heavy atom. The lowest BCUT2D eigenvalue weighted by Crippen LogP contribution is -2.32. The molecule has 0 spiro atoms. The number of nitrogens with one attached hydrogen (secondary N) is 2. The topological polar surface area (TPSA) is 166 Å². The molecule has 0 radical (unpaired) electrons. The normalized spacial score (nSPS) is 11.8. The van der Waals surface area contributed by atoms with Gasteiger partial charge in [0.25, 0.3) is 31.5 Å². The van der Waals surface area contributed by atoms with Crippen molar-refractivity contribution >= 4 is 54.8 Å². The number of para-hydroxylation sites is 1. The van der Waals surface area contributed by atoms with E-state index in [9.17, 15) is 26.4 Å². The van der Waals surface area contributed by atoms with E-state index >= 15 is 0 Å². The number of sulfonamides is 2. The average Bonchev–Trinajstić information content (AvgIpc) is 3.45. The predicted molar refractivity (Wildman–Crippen MR) is 174 cm³/mol. The number of hydrogen-bond acceptors (Lipinski definition) is 8. The molecule has 46 heavy (non-hydrogen) atoms. The number of amides is 1. The van der Waals surface area contributed by atoms with Crippen molar-refractivity contribution in [3.63, 3.8) is 0 Å². The minimum atomic E-state index is -4.34. The lowest BCUT2D eigenvalue weighted by molar-refractivity contribution is 0.102. The maximum absolute atomic E-state index is 13.7. The fourth-order valence-corrected chi connectivity index (χ4v) is 7.16. The van der Waals surface area contributed by atoms with Gasteiger partial charge in [-0.2, -0.15) is 0 Å². The van der Waals surface area contributed by atoms with Crippen molar-refractivity contribution in [3.05, 3.63) is 111 Å². The van der Waals surface area contributed by atoms with Crippen molar-refractivity contribution in [3.8, 4) is 5.69 Å². The minimum absolute atomic E-state index is 0.00529. The smallest absolute Gasteiger partial charge is 0.296 e. The van der Waals surface area contributed by atoms with Crippen LogP contribution in [-0.4, -0.2) is 44.3 Å². The summed E-state index contributed by atoms with van der Waals surface area (Å²) < 4.78 is 64.2. The Morgan fingerprint density at radius 3 is 2.17 bits per heavy atom. The number of nitrogens with zero attached hydrogens (tertiary/aromatic N) is 4. The van der Waals surface area contributed by atoms with Crippen LogP contribution >= 0.6 is 11.6 Å². The molecule has 0 aliphatic rings. The van der Waals surface area contributed by atoms with Gasteiger partial charge in [-0.05, 0) is 75.4 Å². The fourth-order valence-electron chi connectivity index (χ4n) is 4.64. The van der Waals surface area contributed by atoms with Crippen molar-refractivity contribution in [2.75, 3.05) is 21.4 Å². The number of halogens is 1. The largest absolute Gasteiger partial charge is 0.337 e. The molecule has 16 heteroatoms. The van der Waals surface area contributed by atoms with Gasteiger partial charge in [-0.15, -0.1) is 0 Å². The molecular formula is C30H29ClN6O7S2. The van der Waals surface area contributed by atoms with Crippen LogP contribution in [0.4, 0.5) is 17.3 Å². The molecule has 3 aromatic carbocycles. The molecule has 2 N–H and O–H groups in total. The summed E-state index contributed by atoms with van der Waals surface area (Å²) in [5, 5.41) is 6.30. The van der Waals surface area contributed by atoms with Gasteiger partial charge < -0.3 is 9.84 Å². The Kier molecular flexibility index (Phi) is 8.59. The zero-order valence-corrected chi connectivity index (χ0v) is 27.7. The van der Waals surface area contributed by atoms with Crippen LogP contribution in [0.5, 0.6) is 0 Å². The second kappa shape index (κ2) is 12.2. The third-order valence-corrected chi connectivity index (χ3v) is 10.9. The van der Waals surface area contributed by atoms with E-state index in [2.05, 4.69) is 15.2 Å². The van der Waals surface area contributed by atoms with E-state index in [1.165, 1.54) is 48.1 Å². The maximum Gasteiger partial charge on any atom is 0.296 e. The first-order chi connectivity index (χ1) is 21.6. The molecule has 5 aromatic rings. The molecule has 0 bridgehead atoms. The zero-order chi connectivity index (χ0) is 33.6. The average molecular weight is 685 g/mol. The number of hydrogen-bond donors (Lipinski definition) is 2. The van der Waals surface area contributed by atoms with E-state index in [4.69, 9.17) is 16.1 Å². The Labute approximate surface area is 270 Å². The van der Waals surface area contributed by atoms with Gasteiger partial charge in [0, 0.05) is 25.3 Å². The summed E-state index contributed by atoms with van der Waals surface area (Å²) >= 11 is 6.30. The van der Waals surface area contributed by atoms with Crippen LogP contribution in [0.15, 0.2) is 91.9 Å². The van der Waals surface area contributed by atoms with E-state index < -0.39 is 31.5 Å². The molecule has 0 unspecified atom stereocenters. The van der Waals surface area contributed by atoms with Gasteiger partial charge in [0.2, 0.25) is 5.88 Å². The first-order valence-corrected chi connectivity index (χ1v) is 16.9. The van der Waals surface area contributed by atoms with Crippen LogP contribution < -0.4 is 19.9 Å². The molecular weight excluding hydrogens is 656 g/mol. The highest BCUT2D eigenvalue weighted by Gasteiger charge is 2.30. The van der Waals surface area contributed by atoms with E-state index in [0.29, 0.717) is 22.6 Å². The van der Waals surface area contributed by atoms with Gasteiger partial charge in [-0.1, -0.05) is 35.0 Å². The van der Waals surface area contributed by atoms with E-state index in [1.54, 1.807) is 62.8 Å². The number of anilines is 3. The molecule has 1 amide bonds. The first-order valence-electron chi connectivity index (χ1n) is 13.6. The summed E-state index contributed by atoms with van der Waals surface area (Å²) in [5.74, 6) is -0.747. The highest BCUT2D eigenvalue weighted by atomic mass is 35.5. The number of aryl methyl sites for hydroxylation is 1. The van der Waals surface area contributed by atoms with E-state index in [1.807, 2.05) is 0 Å².